The fourth-order valence-electron chi connectivity index (χ4n) is 3.40. The first-order valence-corrected chi connectivity index (χ1v) is 8.86. The summed E-state index contributed by atoms with van der Waals surface area (Å²) in [6.07, 6.45) is 1.39. The maximum absolute atomic E-state index is 14.0. The number of benzene rings is 2. The van der Waals surface area contributed by atoms with Crippen molar-refractivity contribution in [1.29, 1.82) is 0 Å². The van der Waals surface area contributed by atoms with E-state index in [1.165, 1.54) is 29.0 Å². The molecule has 0 fully saturated rings. The molecule has 0 saturated carbocycles. The number of nitrogens with one attached hydrogen (secondary N) is 1. The minimum atomic E-state index is -0.479. The Labute approximate surface area is 158 Å². The molecule has 4 rings (SSSR count). The number of carbonyl (C=O) groups is 1. The van der Waals surface area contributed by atoms with Gasteiger partial charge >= 0.3 is 0 Å². The molecule has 7 heteroatoms. The molecule has 0 saturated heterocycles. The first kappa shape index (κ1) is 18.0. The molecular formula is C21H17F2N3O2. The van der Waals surface area contributed by atoms with Crippen molar-refractivity contribution in [2.75, 3.05) is 0 Å². The monoisotopic (exact) mass is 381 g/mol. The molecule has 0 bridgehead atoms. The molecule has 5 nitrogen and oxygen atoms in total. The number of hydrogen-bond acceptors (Lipinski definition) is 3. The van der Waals surface area contributed by atoms with Gasteiger partial charge in [0.15, 0.2) is 0 Å². The summed E-state index contributed by atoms with van der Waals surface area (Å²) in [5.41, 5.74) is 1.67. The van der Waals surface area contributed by atoms with Crippen LogP contribution in [0.5, 0.6) is 0 Å². The molecule has 0 atom stereocenters. The quantitative estimate of drug-likeness (QED) is 0.574. The molecule has 0 amide bonds. The van der Waals surface area contributed by atoms with E-state index >= 15 is 0 Å². The number of aryl methyl sites for hydroxylation is 2. The smallest absolute Gasteiger partial charge is 0.262 e. The van der Waals surface area contributed by atoms with Gasteiger partial charge in [-0.3, -0.25) is 14.7 Å². The van der Waals surface area contributed by atoms with Crippen LogP contribution >= 0.6 is 0 Å². The van der Waals surface area contributed by atoms with Crippen molar-refractivity contribution in [3.63, 3.8) is 0 Å². The SMILES string of the molecule is Cc1ccc(CC(=O)CCn2c(=O)c3cn[nH]c3c3ccc(F)cc32)c(F)c1. The van der Waals surface area contributed by atoms with E-state index in [0.29, 0.717) is 27.4 Å². The van der Waals surface area contributed by atoms with Crippen molar-refractivity contribution < 1.29 is 13.6 Å². The van der Waals surface area contributed by atoms with Crippen LogP contribution in [0.15, 0.2) is 47.4 Å². The first-order valence-electron chi connectivity index (χ1n) is 8.86. The zero-order valence-electron chi connectivity index (χ0n) is 15.1. The number of ketones is 1. The number of hydrogen-bond donors (Lipinski definition) is 1. The van der Waals surface area contributed by atoms with E-state index in [0.717, 1.165) is 5.56 Å². The average molecular weight is 381 g/mol. The maximum atomic E-state index is 14.0. The Morgan fingerprint density at radius 1 is 1.14 bits per heavy atom. The molecule has 0 aliphatic heterocycles. The van der Waals surface area contributed by atoms with Crippen molar-refractivity contribution in [3.05, 3.63) is 75.7 Å². The fraction of sp³-hybridized carbons (Fsp3) is 0.190. The van der Waals surface area contributed by atoms with Gasteiger partial charge in [0, 0.05) is 24.8 Å². The van der Waals surface area contributed by atoms with E-state index < -0.39 is 11.6 Å². The van der Waals surface area contributed by atoms with Gasteiger partial charge in [-0.2, -0.15) is 5.10 Å². The second-order valence-corrected chi connectivity index (χ2v) is 6.84. The highest BCUT2D eigenvalue weighted by Gasteiger charge is 2.15. The van der Waals surface area contributed by atoms with Crippen LogP contribution in [-0.4, -0.2) is 20.5 Å². The van der Waals surface area contributed by atoms with E-state index in [2.05, 4.69) is 10.2 Å². The summed E-state index contributed by atoms with van der Waals surface area (Å²) in [7, 11) is 0. The van der Waals surface area contributed by atoms with Crippen molar-refractivity contribution in [3.8, 4) is 0 Å². The highest BCUT2D eigenvalue weighted by molar-refractivity contribution is 6.02. The van der Waals surface area contributed by atoms with Gasteiger partial charge in [-0.05, 0) is 42.3 Å². The van der Waals surface area contributed by atoms with Gasteiger partial charge in [0.05, 0.1) is 22.6 Å². The molecule has 2 aromatic heterocycles. The average Bonchev–Trinajstić information content (AvgIpc) is 3.14. The largest absolute Gasteiger partial charge is 0.307 e. The minimum absolute atomic E-state index is 0.0300. The van der Waals surface area contributed by atoms with E-state index in [9.17, 15) is 18.4 Å². The number of aromatic amines is 1. The van der Waals surface area contributed by atoms with E-state index in [-0.39, 0.29) is 30.7 Å². The number of nitrogens with zero attached hydrogens (tertiary/aromatic N) is 2. The van der Waals surface area contributed by atoms with Gasteiger partial charge in [0.1, 0.15) is 17.4 Å². The van der Waals surface area contributed by atoms with Crippen LogP contribution in [0.3, 0.4) is 0 Å². The van der Waals surface area contributed by atoms with Gasteiger partial charge in [-0.1, -0.05) is 12.1 Å². The zero-order valence-corrected chi connectivity index (χ0v) is 15.1. The third-order valence-corrected chi connectivity index (χ3v) is 4.85. The predicted octanol–water partition coefficient (Wildman–Crippen LogP) is 3.67. The second kappa shape index (κ2) is 6.99. The summed E-state index contributed by atoms with van der Waals surface area (Å²) in [6.45, 7) is 1.85. The van der Waals surface area contributed by atoms with E-state index in [1.54, 1.807) is 25.1 Å². The Morgan fingerprint density at radius 3 is 2.75 bits per heavy atom. The van der Waals surface area contributed by atoms with Crippen LogP contribution in [0.25, 0.3) is 21.8 Å². The Morgan fingerprint density at radius 2 is 1.96 bits per heavy atom. The fourth-order valence-corrected chi connectivity index (χ4v) is 3.40. The lowest BCUT2D eigenvalue weighted by Gasteiger charge is -2.11. The van der Waals surface area contributed by atoms with E-state index in [4.69, 9.17) is 0 Å². The van der Waals surface area contributed by atoms with Crippen LogP contribution in [-0.2, 0) is 17.8 Å². The number of halogens is 2. The van der Waals surface area contributed by atoms with Gasteiger partial charge in [-0.15, -0.1) is 0 Å². The van der Waals surface area contributed by atoms with Crippen LogP contribution < -0.4 is 5.56 Å². The Bertz CT molecular complexity index is 1270. The molecule has 2 aromatic carbocycles. The van der Waals surface area contributed by atoms with Crippen LogP contribution in [0.1, 0.15) is 17.5 Å². The van der Waals surface area contributed by atoms with Crippen molar-refractivity contribution in [1.82, 2.24) is 14.8 Å². The summed E-state index contributed by atoms with van der Waals surface area (Å²) in [4.78, 5) is 25.2. The molecule has 0 unspecified atom stereocenters. The molecule has 1 N–H and O–H groups in total. The molecule has 0 aliphatic rings. The summed E-state index contributed by atoms with van der Waals surface area (Å²) in [6, 6.07) is 8.88. The highest BCUT2D eigenvalue weighted by atomic mass is 19.1. The summed E-state index contributed by atoms with van der Waals surface area (Å²) in [5.74, 6) is -1.10. The lowest BCUT2D eigenvalue weighted by Crippen LogP contribution is -2.22. The molecule has 142 valence electrons. The Balaban J connectivity index is 1.65. The van der Waals surface area contributed by atoms with Crippen molar-refractivity contribution in [2.24, 2.45) is 0 Å². The summed E-state index contributed by atoms with van der Waals surface area (Å²) in [5, 5.41) is 7.68. The molecule has 28 heavy (non-hydrogen) atoms. The summed E-state index contributed by atoms with van der Waals surface area (Å²) >= 11 is 0. The normalized spacial score (nSPS) is 11.4. The number of Topliss-reactive ketones (excluding diaryl/α,β-unsaturated/α-hetero) is 1. The van der Waals surface area contributed by atoms with Gasteiger partial charge < -0.3 is 4.57 Å². The zero-order chi connectivity index (χ0) is 19.8. The van der Waals surface area contributed by atoms with Gasteiger partial charge in [0.2, 0.25) is 0 Å². The summed E-state index contributed by atoms with van der Waals surface area (Å²) < 4.78 is 29.1. The first-order chi connectivity index (χ1) is 13.4. The van der Waals surface area contributed by atoms with Gasteiger partial charge in [0.25, 0.3) is 5.56 Å². The lowest BCUT2D eigenvalue weighted by molar-refractivity contribution is -0.118. The van der Waals surface area contributed by atoms with E-state index in [1.807, 2.05) is 0 Å². The standard InChI is InChI=1S/C21H17F2N3O2/c1-12-2-3-13(18(23)8-12)9-15(27)6-7-26-19-10-14(22)4-5-16(19)20-17(21(26)28)11-24-25-20/h2-5,8,10-11H,6-7,9H2,1H3,(H,24,25). The number of aromatic nitrogens is 3. The number of pyridine rings is 1. The maximum Gasteiger partial charge on any atom is 0.262 e. The van der Waals surface area contributed by atoms with Crippen LogP contribution in [0.4, 0.5) is 8.78 Å². The van der Waals surface area contributed by atoms with Crippen LogP contribution in [0, 0.1) is 18.6 Å². The van der Waals surface area contributed by atoms with Crippen molar-refractivity contribution >= 4 is 27.6 Å². The van der Waals surface area contributed by atoms with Gasteiger partial charge in [-0.25, -0.2) is 8.78 Å². The topological polar surface area (TPSA) is 67.8 Å². The number of carbonyl (C=O) groups excluding carboxylic acids is 1. The second-order valence-electron chi connectivity index (χ2n) is 6.84. The third-order valence-electron chi connectivity index (χ3n) is 4.85. The Kier molecular flexibility index (Phi) is 4.50. The van der Waals surface area contributed by atoms with Crippen molar-refractivity contribution in [2.45, 2.75) is 26.3 Å². The number of H-pyrrole nitrogens is 1. The predicted molar refractivity (Wildman–Crippen MR) is 102 cm³/mol. The minimum Gasteiger partial charge on any atom is -0.307 e. The molecule has 2 heterocycles. The third kappa shape index (κ3) is 3.19. The molecular weight excluding hydrogens is 364 g/mol. The molecule has 4 aromatic rings. The Hall–Kier alpha value is -3.35. The molecule has 0 radical (unpaired) electrons. The number of fused-ring (bicyclic) bond motifs is 3. The lowest BCUT2D eigenvalue weighted by atomic mass is 10.0. The highest BCUT2D eigenvalue weighted by Crippen LogP contribution is 2.22. The number of rotatable bonds is 5. The van der Waals surface area contributed by atoms with Crippen LogP contribution in [0.2, 0.25) is 0 Å². The molecule has 0 aliphatic carbocycles. The molecule has 0 spiro atoms.